The molecule has 0 aliphatic heterocycles. The maximum Gasteiger partial charge on any atom is 0.416 e. The van der Waals surface area contributed by atoms with Gasteiger partial charge in [-0.3, -0.25) is 4.79 Å². The Kier molecular flexibility index (Phi) is 4.69. The molecule has 5 nitrogen and oxygen atoms in total. The van der Waals surface area contributed by atoms with E-state index < -0.39 is 23.5 Å². The standard InChI is InChI=1S/C13H9ClF4N4O/c14-12-21-5-8(10(19)23)11(22-12)20-4-6-1-2-7(3-9(6)15)13(16,17)18/h1-3,5H,4H2,(H2,19,23)(H,20,21,22). The summed E-state index contributed by atoms with van der Waals surface area (Å²) in [6.45, 7) is -0.225. The van der Waals surface area contributed by atoms with Gasteiger partial charge in [0.2, 0.25) is 5.28 Å². The van der Waals surface area contributed by atoms with Crippen molar-refractivity contribution in [2.24, 2.45) is 5.73 Å². The van der Waals surface area contributed by atoms with Crippen molar-refractivity contribution in [1.82, 2.24) is 9.97 Å². The van der Waals surface area contributed by atoms with Crippen molar-refractivity contribution in [2.75, 3.05) is 5.32 Å². The van der Waals surface area contributed by atoms with Gasteiger partial charge in [-0.25, -0.2) is 9.37 Å². The van der Waals surface area contributed by atoms with Gasteiger partial charge in [-0.1, -0.05) is 6.07 Å². The number of amides is 1. The highest BCUT2D eigenvalue weighted by Crippen LogP contribution is 2.30. The monoisotopic (exact) mass is 348 g/mol. The van der Waals surface area contributed by atoms with Gasteiger partial charge in [-0.15, -0.1) is 0 Å². The van der Waals surface area contributed by atoms with Crippen LogP contribution in [-0.4, -0.2) is 15.9 Å². The Morgan fingerprint density at radius 1 is 1.35 bits per heavy atom. The maximum absolute atomic E-state index is 13.7. The molecule has 0 saturated heterocycles. The number of rotatable bonds is 4. The van der Waals surface area contributed by atoms with E-state index in [1.54, 1.807) is 0 Å². The van der Waals surface area contributed by atoms with Gasteiger partial charge in [0.05, 0.1) is 11.1 Å². The van der Waals surface area contributed by atoms with Crippen LogP contribution in [0.1, 0.15) is 21.5 Å². The van der Waals surface area contributed by atoms with Crippen molar-refractivity contribution in [3.8, 4) is 0 Å². The molecule has 0 radical (unpaired) electrons. The molecule has 0 bridgehead atoms. The van der Waals surface area contributed by atoms with Crippen molar-refractivity contribution >= 4 is 23.3 Å². The van der Waals surface area contributed by atoms with Gasteiger partial charge in [0.1, 0.15) is 11.6 Å². The summed E-state index contributed by atoms with van der Waals surface area (Å²) < 4.78 is 51.1. The van der Waals surface area contributed by atoms with Crippen molar-refractivity contribution in [1.29, 1.82) is 0 Å². The van der Waals surface area contributed by atoms with E-state index >= 15 is 0 Å². The summed E-state index contributed by atoms with van der Waals surface area (Å²) in [6.07, 6.45) is -3.55. The first-order valence-electron chi connectivity index (χ1n) is 6.10. The van der Waals surface area contributed by atoms with Crippen LogP contribution in [0.2, 0.25) is 5.28 Å². The second-order valence-corrected chi connectivity index (χ2v) is 4.76. The number of alkyl halides is 3. The Morgan fingerprint density at radius 3 is 2.61 bits per heavy atom. The molecule has 122 valence electrons. The second kappa shape index (κ2) is 6.37. The summed E-state index contributed by atoms with van der Waals surface area (Å²) in [4.78, 5) is 18.5. The maximum atomic E-state index is 13.7. The Balaban J connectivity index is 2.22. The van der Waals surface area contributed by atoms with Crippen LogP contribution < -0.4 is 11.1 Å². The summed E-state index contributed by atoms with van der Waals surface area (Å²) in [5.41, 5.74) is 3.90. The number of nitrogens with zero attached hydrogens (tertiary/aromatic N) is 2. The fourth-order valence-corrected chi connectivity index (χ4v) is 1.85. The molecule has 23 heavy (non-hydrogen) atoms. The van der Waals surface area contributed by atoms with Gasteiger partial charge in [0.25, 0.3) is 5.91 Å². The number of hydrogen-bond acceptors (Lipinski definition) is 4. The number of anilines is 1. The minimum Gasteiger partial charge on any atom is -0.365 e. The van der Waals surface area contributed by atoms with E-state index in [2.05, 4.69) is 15.3 Å². The molecule has 0 aliphatic carbocycles. The van der Waals surface area contributed by atoms with Crippen LogP contribution in [0.5, 0.6) is 0 Å². The number of nitrogens with two attached hydrogens (primary N) is 1. The average molecular weight is 349 g/mol. The first kappa shape index (κ1) is 16.9. The minimum absolute atomic E-state index is 0.0446. The first-order valence-corrected chi connectivity index (χ1v) is 6.48. The number of carbonyl (C=O) groups is 1. The fraction of sp³-hybridized carbons (Fsp3) is 0.154. The van der Waals surface area contributed by atoms with Crippen molar-refractivity contribution in [3.63, 3.8) is 0 Å². The van der Waals surface area contributed by atoms with Gasteiger partial charge in [0, 0.05) is 18.3 Å². The van der Waals surface area contributed by atoms with Crippen molar-refractivity contribution in [2.45, 2.75) is 12.7 Å². The molecule has 0 fully saturated rings. The van der Waals surface area contributed by atoms with Gasteiger partial charge < -0.3 is 11.1 Å². The molecular formula is C13H9ClF4N4O. The predicted molar refractivity (Wildman–Crippen MR) is 74.3 cm³/mol. The molecule has 3 N–H and O–H groups in total. The molecule has 2 aromatic rings. The van der Waals surface area contributed by atoms with Gasteiger partial charge in [-0.2, -0.15) is 18.2 Å². The summed E-state index contributed by atoms with van der Waals surface area (Å²) >= 11 is 5.59. The molecule has 1 aromatic carbocycles. The lowest BCUT2D eigenvalue weighted by Gasteiger charge is -2.11. The van der Waals surface area contributed by atoms with E-state index in [0.717, 1.165) is 18.3 Å². The highest BCUT2D eigenvalue weighted by atomic mass is 35.5. The Labute approximate surface area is 132 Å². The molecule has 0 unspecified atom stereocenters. The summed E-state index contributed by atoms with van der Waals surface area (Å²) in [7, 11) is 0. The summed E-state index contributed by atoms with van der Waals surface area (Å²) in [5, 5.41) is 2.42. The zero-order valence-corrected chi connectivity index (χ0v) is 12.0. The van der Waals surface area contributed by atoms with E-state index in [0.29, 0.717) is 6.07 Å². The smallest absolute Gasteiger partial charge is 0.365 e. The lowest BCUT2D eigenvalue weighted by molar-refractivity contribution is -0.137. The van der Waals surface area contributed by atoms with Crippen LogP contribution in [0.3, 0.4) is 0 Å². The predicted octanol–water partition coefficient (Wildman–Crippen LogP) is 3.00. The quantitative estimate of drug-likeness (QED) is 0.657. The van der Waals surface area contributed by atoms with Gasteiger partial charge >= 0.3 is 6.18 Å². The number of primary amides is 1. The topological polar surface area (TPSA) is 80.9 Å². The molecule has 1 amide bonds. The molecule has 10 heteroatoms. The number of nitrogens with one attached hydrogen (secondary N) is 1. The van der Waals surface area contributed by atoms with E-state index in [1.807, 2.05) is 0 Å². The van der Waals surface area contributed by atoms with Crippen LogP contribution in [0.25, 0.3) is 0 Å². The van der Waals surface area contributed by atoms with Crippen LogP contribution in [0.4, 0.5) is 23.4 Å². The molecule has 2 rings (SSSR count). The normalized spacial score (nSPS) is 11.3. The molecule has 0 saturated carbocycles. The fourth-order valence-electron chi connectivity index (χ4n) is 1.72. The highest BCUT2D eigenvalue weighted by Gasteiger charge is 2.31. The lowest BCUT2D eigenvalue weighted by atomic mass is 10.1. The Hall–Kier alpha value is -2.42. The van der Waals surface area contributed by atoms with Crippen LogP contribution >= 0.6 is 11.6 Å². The number of aromatic nitrogens is 2. The number of hydrogen-bond donors (Lipinski definition) is 2. The molecule has 1 aromatic heterocycles. The van der Waals surface area contributed by atoms with E-state index in [4.69, 9.17) is 17.3 Å². The zero-order valence-electron chi connectivity index (χ0n) is 11.3. The minimum atomic E-state index is -4.63. The molecular weight excluding hydrogens is 340 g/mol. The van der Waals surface area contributed by atoms with Gasteiger partial charge in [-0.05, 0) is 23.7 Å². The van der Waals surface area contributed by atoms with Gasteiger partial charge in [0.15, 0.2) is 0 Å². The van der Waals surface area contributed by atoms with E-state index in [9.17, 15) is 22.4 Å². The number of halogens is 5. The lowest BCUT2D eigenvalue weighted by Crippen LogP contribution is -2.16. The average Bonchev–Trinajstić information content (AvgIpc) is 2.44. The third-order valence-corrected chi connectivity index (χ3v) is 3.03. The molecule has 0 atom stereocenters. The summed E-state index contributed by atoms with van der Waals surface area (Å²) in [6, 6.07) is 2.12. The van der Waals surface area contributed by atoms with Crippen molar-refractivity contribution in [3.05, 3.63) is 52.2 Å². The largest absolute Gasteiger partial charge is 0.416 e. The second-order valence-electron chi connectivity index (χ2n) is 4.42. The van der Waals surface area contributed by atoms with Crippen LogP contribution in [0, 0.1) is 5.82 Å². The third-order valence-electron chi connectivity index (χ3n) is 2.85. The molecule has 0 spiro atoms. The number of benzene rings is 1. The molecule has 1 heterocycles. The zero-order chi connectivity index (χ0) is 17.2. The van der Waals surface area contributed by atoms with Crippen LogP contribution in [-0.2, 0) is 12.7 Å². The third kappa shape index (κ3) is 4.07. The SMILES string of the molecule is NC(=O)c1cnc(Cl)nc1NCc1ccc(C(F)(F)F)cc1F. The van der Waals surface area contributed by atoms with E-state index in [1.165, 1.54) is 0 Å². The molecule has 0 aliphatic rings. The Bertz CT molecular complexity index is 751. The summed E-state index contributed by atoms with van der Waals surface area (Å²) in [5.74, 6) is -1.93. The highest BCUT2D eigenvalue weighted by molar-refractivity contribution is 6.28. The van der Waals surface area contributed by atoms with Crippen LogP contribution in [0.15, 0.2) is 24.4 Å². The number of carbonyl (C=O) groups excluding carboxylic acids is 1. The first-order chi connectivity index (χ1) is 10.7. The Morgan fingerprint density at radius 2 is 2.04 bits per heavy atom. The van der Waals surface area contributed by atoms with E-state index in [-0.39, 0.29) is 28.8 Å². The van der Waals surface area contributed by atoms with Crippen molar-refractivity contribution < 1.29 is 22.4 Å².